The van der Waals surface area contributed by atoms with Gasteiger partial charge in [-0.1, -0.05) is 53.2 Å². The molecule has 150 valence electrons. The second kappa shape index (κ2) is 9.34. The van der Waals surface area contributed by atoms with E-state index in [4.69, 9.17) is 16.3 Å². The summed E-state index contributed by atoms with van der Waals surface area (Å²) in [5, 5.41) is 8.78. The van der Waals surface area contributed by atoms with Gasteiger partial charge in [0.25, 0.3) is 5.91 Å². The number of benzene rings is 2. The molecule has 0 bridgehead atoms. The first-order valence-corrected chi connectivity index (χ1v) is 9.45. The van der Waals surface area contributed by atoms with E-state index in [0.717, 1.165) is 5.56 Å². The highest BCUT2D eigenvalue weighted by Crippen LogP contribution is 2.18. The monoisotopic (exact) mass is 412 g/mol. The summed E-state index contributed by atoms with van der Waals surface area (Å²) in [5.74, 6) is -0.682. The number of rotatable bonds is 7. The van der Waals surface area contributed by atoms with Gasteiger partial charge in [-0.05, 0) is 30.7 Å². The second-order valence-electron chi connectivity index (χ2n) is 6.45. The first-order chi connectivity index (χ1) is 14.0. The standard InChI is InChI=1S/C21H21ClN4O3/c1-15-20(23-24-26(15)18-10-6-9-17(22)13-18)21(28)25(12-11-19(27)29-2)14-16-7-4-3-5-8-16/h3-10,13H,11-12,14H2,1-2H3. The van der Waals surface area contributed by atoms with Crippen LogP contribution >= 0.6 is 11.6 Å². The van der Waals surface area contributed by atoms with E-state index < -0.39 is 0 Å². The van der Waals surface area contributed by atoms with Gasteiger partial charge in [-0.15, -0.1) is 5.10 Å². The van der Waals surface area contributed by atoms with E-state index in [9.17, 15) is 9.59 Å². The van der Waals surface area contributed by atoms with Crippen LogP contribution < -0.4 is 0 Å². The second-order valence-corrected chi connectivity index (χ2v) is 6.89. The third kappa shape index (κ3) is 5.00. The van der Waals surface area contributed by atoms with Crippen molar-refractivity contribution >= 4 is 23.5 Å². The van der Waals surface area contributed by atoms with Crippen LogP contribution in [0.3, 0.4) is 0 Å². The highest BCUT2D eigenvalue weighted by Gasteiger charge is 2.24. The van der Waals surface area contributed by atoms with E-state index >= 15 is 0 Å². The molecule has 0 spiro atoms. The Morgan fingerprint density at radius 3 is 2.59 bits per heavy atom. The van der Waals surface area contributed by atoms with Gasteiger partial charge in [0.2, 0.25) is 0 Å². The molecule has 0 aliphatic rings. The number of ether oxygens (including phenoxy) is 1. The van der Waals surface area contributed by atoms with Crippen LogP contribution in [0, 0.1) is 6.92 Å². The maximum absolute atomic E-state index is 13.2. The molecular formula is C21H21ClN4O3. The number of esters is 1. The normalized spacial score (nSPS) is 10.6. The van der Waals surface area contributed by atoms with E-state index in [2.05, 4.69) is 10.3 Å². The SMILES string of the molecule is COC(=O)CCN(Cc1ccccc1)C(=O)c1nnn(-c2cccc(Cl)c2)c1C. The summed E-state index contributed by atoms with van der Waals surface area (Å²) in [6.07, 6.45) is 0.0938. The lowest BCUT2D eigenvalue weighted by Gasteiger charge is -2.21. The topological polar surface area (TPSA) is 77.3 Å². The molecule has 0 atom stereocenters. The predicted molar refractivity (Wildman–Crippen MR) is 109 cm³/mol. The van der Waals surface area contributed by atoms with Gasteiger partial charge in [0, 0.05) is 18.1 Å². The quantitative estimate of drug-likeness (QED) is 0.555. The molecule has 2 aromatic carbocycles. The van der Waals surface area contributed by atoms with Crippen LogP contribution in [0.1, 0.15) is 28.2 Å². The van der Waals surface area contributed by atoms with Gasteiger partial charge >= 0.3 is 5.97 Å². The molecule has 0 radical (unpaired) electrons. The van der Waals surface area contributed by atoms with Crippen LogP contribution in [0.5, 0.6) is 0 Å². The summed E-state index contributed by atoms with van der Waals surface area (Å²) >= 11 is 6.06. The largest absolute Gasteiger partial charge is 0.469 e. The number of hydrogen-bond donors (Lipinski definition) is 0. The molecule has 3 rings (SSSR count). The number of methoxy groups -OCH3 is 1. The number of carbonyl (C=O) groups is 2. The Labute approximate surface area is 173 Å². The van der Waals surface area contributed by atoms with E-state index in [-0.39, 0.29) is 30.5 Å². The molecule has 1 aromatic heterocycles. The zero-order valence-electron chi connectivity index (χ0n) is 16.2. The van der Waals surface area contributed by atoms with Crippen molar-refractivity contribution < 1.29 is 14.3 Å². The molecule has 0 N–H and O–H groups in total. The molecule has 0 fully saturated rings. The molecule has 3 aromatic rings. The Kier molecular flexibility index (Phi) is 6.61. The summed E-state index contributed by atoms with van der Waals surface area (Å²) in [6.45, 7) is 2.33. The predicted octanol–water partition coefficient (Wildman–Crippen LogP) is 3.43. The lowest BCUT2D eigenvalue weighted by Crippen LogP contribution is -2.33. The summed E-state index contributed by atoms with van der Waals surface area (Å²) < 4.78 is 6.28. The molecule has 1 amide bonds. The number of amides is 1. The molecule has 8 heteroatoms. The minimum absolute atomic E-state index is 0.0938. The van der Waals surface area contributed by atoms with Crippen molar-refractivity contribution in [3.8, 4) is 5.69 Å². The smallest absolute Gasteiger partial charge is 0.307 e. The van der Waals surface area contributed by atoms with Crippen LogP contribution in [0.15, 0.2) is 54.6 Å². The Bertz CT molecular complexity index is 1000. The van der Waals surface area contributed by atoms with Gasteiger partial charge in [-0.3, -0.25) is 9.59 Å². The van der Waals surface area contributed by atoms with Crippen LogP contribution in [0.25, 0.3) is 5.69 Å². The minimum atomic E-state index is -0.379. The highest BCUT2D eigenvalue weighted by molar-refractivity contribution is 6.30. The summed E-state index contributed by atoms with van der Waals surface area (Å²) in [7, 11) is 1.33. The maximum atomic E-state index is 13.2. The molecule has 0 aliphatic carbocycles. The molecule has 0 saturated carbocycles. The highest BCUT2D eigenvalue weighted by atomic mass is 35.5. The average molecular weight is 413 g/mol. The first-order valence-electron chi connectivity index (χ1n) is 9.08. The lowest BCUT2D eigenvalue weighted by atomic mass is 10.2. The number of aromatic nitrogens is 3. The van der Waals surface area contributed by atoms with Crippen molar-refractivity contribution in [3.63, 3.8) is 0 Å². The Hall–Kier alpha value is -3.19. The molecule has 0 saturated heterocycles. The van der Waals surface area contributed by atoms with Gasteiger partial charge < -0.3 is 9.64 Å². The third-order valence-electron chi connectivity index (χ3n) is 4.47. The van der Waals surface area contributed by atoms with Crippen LogP contribution in [0.2, 0.25) is 5.02 Å². The maximum Gasteiger partial charge on any atom is 0.307 e. The number of carbonyl (C=O) groups excluding carboxylic acids is 2. The Morgan fingerprint density at radius 1 is 1.14 bits per heavy atom. The van der Waals surface area contributed by atoms with Gasteiger partial charge in [-0.2, -0.15) is 0 Å². The van der Waals surface area contributed by atoms with Crippen LogP contribution in [-0.2, 0) is 16.1 Å². The van der Waals surface area contributed by atoms with E-state index in [0.29, 0.717) is 22.9 Å². The van der Waals surface area contributed by atoms with Crippen molar-refractivity contribution in [2.75, 3.05) is 13.7 Å². The van der Waals surface area contributed by atoms with Crippen molar-refractivity contribution in [2.45, 2.75) is 19.9 Å². The fourth-order valence-electron chi connectivity index (χ4n) is 2.91. The summed E-state index contributed by atoms with van der Waals surface area (Å²) in [5.41, 5.74) is 2.48. The van der Waals surface area contributed by atoms with Crippen LogP contribution in [-0.4, -0.2) is 45.4 Å². The van der Waals surface area contributed by atoms with Crippen molar-refractivity contribution in [2.24, 2.45) is 0 Å². The van der Waals surface area contributed by atoms with Gasteiger partial charge in [0.15, 0.2) is 5.69 Å². The van der Waals surface area contributed by atoms with E-state index in [1.165, 1.54) is 7.11 Å². The van der Waals surface area contributed by atoms with Gasteiger partial charge in [0.05, 0.1) is 24.9 Å². The number of halogens is 1. The molecule has 7 nitrogen and oxygen atoms in total. The van der Waals surface area contributed by atoms with Crippen molar-refractivity contribution in [1.29, 1.82) is 0 Å². The zero-order chi connectivity index (χ0) is 20.8. The Morgan fingerprint density at radius 2 is 1.90 bits per heavy atom. The summed E-state index contributed by atoms with van der Waals surface area (Å²) in [6, 6.07) is 16.7. The van der Waals surface area contributed by atoms with E-state index in [1.54, 1.807) is 34.7 Å². The van der Waals surface area contributed by atoms with Gasteiger partial charge in [0.1, 0.15) is 0 Å². The molecule has 0 aliphatic heterocycles. The van der Waals surface area contributed by atoms with Crippen LogP contribution in [0.4, 0.5) is 0 Å². The molecule has 1 heterocycles. The lowest BCUT2D eigenvalue weighted by molar-refractivity contribution is -0.140. The molecule has 0 unspecified atom stereocenters. The molecule has 29 heavy (non-hydrogen) atoms. The first kappa shape index (κ1) is 20.5. The average Bonchev–Trinajstić information content (AvgIpc) is 3.12. The Balaban J connectivity index is 1.87. The van der Waals surface area contributed by atoms with Crippen molar-refractivity contribution in [3.05, 3.63) is 76.6 Å². The number of nitrogens with zero attached hydrogens (tertiary/aromatic N) is 4. The third-order valence-corrected chi connectivity index (χ3v) is 4.70. The fourth-order valence-corrected chi connectivity index (χ4v) is 3.10. The fraction of sp³-hybridized carbons (Fsp3) is 0.238. The number of hydrogen-bond acceptors (Lipinski definition) is 5. The zero-order valence-corrected chi connectivity index (χ0v) is 17.0. The van der Waals surface area contributed by atoms with Crippen molar-refractivity contribution in [1.82, 2.24) is 19.9 Å². The minimum Gasteiger partial charge on any atom is -0.469 e. The molecular weight excluding hydrogens is 392 g/mol. The van der Waals surface area contributed by atoms with Gasteiger partial charge in [-0.25, -0.2) is 4.68 Å². The summed E-state index contributed by atoms with van der Waals surface area (Å²) in [4.78, 5) is 26.4. The van der Waals surface area contributed by atoms with E-state index in [1.807, 2.05) is 36.4 Å².